The third-order valence-electron chi connectivity index (χ3n) is 5.52. The van der Waals surface area contributed by atoms with E-state index in [1.165, 1.54) is 0 Å². The molecule has 7 heteroatoms. The standard InChI is InChI=1S/C25H29N7/c1-27-20-11-17(10-19(26)14-20)23-30-24(16-8-6-5-7-9-16)32(4)25(31-23)18-12-21(28-2)15-22(13-18)29-3/h5-15,25,27-29H,26H2,1-4H3. The summed E-state index contributed by atoms with van der Waals surface area (Å²) in [5.74, 6) is 1.51. The van der Waals surface area contributed by atoms with E-state index in [0.29, 0.717) is 11.5 Å². The van der Waals surface area contributed by atoms with E-state index in [9.17, 15) is 0 Å². The number of benzene rings is 3. The Bertz CT molecular complexity index is 1150. The van der Waals surface area contributed by atoms with Gasteiger partial charge in [-0.15, -0.1) is 0 Å². The first-order valence-electron chi connectivity index (χ1n) is 10.6. The van der Waals surface area contributed by atoms with E-state index in [-0.39, 0.29) is 6.17 Å². The number of nitrogens with one attached hydrogen (secondary N) is 3. The van der Waals surface area contributed by atoms with E-state index >= 15 is 0 Å². The third-order valence-corrected chi connectivity index (χ3v) is 5.52. The average molecular weight is 428 g/mol. The minimum absolute atomic E-state index is 0.252. The van der Waals surface area contributed by atoms with Gasteiger partial charge < -0.3 is 26.6 Å². The zero-order valence-electron chi connectivity index (χ0n) is 18.8. The van der Waals surface area contributed by atoms with Crippen molar-refractivity contribution in [3.63, 3.8) is 0 Å². The summed E-state index contributed by atoms with van der Waals surface area (Å²) in [7, 11) is 7.74. The van der Waals surface area contributed by atoms with Crippen LogP contribution in [0.25, 0.3) is 0 Å². The Morgan fingerprint density at radius 3 is 2.03 bits per heavy atom. The van der Waals surface area contributed by atoms with Gasteiger partial charge in [0.2, 0.25) is 0 Å². The van der Waals surface area contributed by atoms with Crippen LogP contribution in [0.4, 0.5) is 22.7 Å². The fourth-order valence-corrected chi connectivity index (χ4v) is 3.83. The van der Waals surface area contributed by atoms with Crippen LogP contribution in [0.3, 0.4) is 0 Å². The molecular weight excluding hydrogens is 398 g/mol. The molecule has 3 aromatic rings. The van der Waals surface area contributed by atoms with Gasteiger partial charge in [0.15, 0.2) is 12.0 Å². The quantitative estimate of drug-likeness (QED) is 0.442. The number of anilines is 4. The van der Waals surface area contributed by atoms with Gasteiger partial charge >= 0.3 is 0 Å². The highest BCUT2D eigenvalue weighted by Gasteiger charge is 2.27. The van der Waals surface area contributed by atoms with Crippen molar-refractivity contribution >= 4 is 34.4 Å². The summed E-state index contributed by atoms with van der Waals surface area (Å²) in [4.78, 5) is 12.1. The summed E-state index contributed by atoms with van der Waals surface area (Å²) in [6, 6.07) is 22.3. The van der Waals surface area contributed by atoms with Crippen LogP contribution in [-0.4, -0.2) is 44.8 Å². The summed E-state index contributed by atoms with van der Waals surface area (Å²) < 4.78 is 0. The molecule has 0 saturated carbocycles. The molecule has 1 aliphatic heterocycles. The highest BCUT2D eigenvalue weighted by atomic mass is 15.3. The van der Waals surface area contributed by atoms with Crippen LogP contribution in [0, 0.1) is 0 Å². The van der Waals surface area contributed by atoms with Crippen molar-refractivity contribution in [1.82, 2.24) is 4.90 Å². The zero-order valence-corrected chi connectivity index (χ0v) is 18.8. The van der Waals surface area contributed by atoms with E-state index in [1.54, 1.807) is 0 Å². The largest absolute Gasteiger partial charge is 0.399 e. The molecule has 1 atom stereocenters. The van der Waals surface area contributed by atoms with Gasteiger partial charge in [-0.3, -0.25) is 0 Å². The Morgan fingerprint density at radius 1 is 0.781 bits per heavy atom. The molecule has 0 amide bonds. The second-order valence-electron chi connectivity index (χ2n) is 7.68. The molecule has 0 bridgehead atoms. The topological polar surface area (TPSA) is 90.1 Å². The number of nitrogens with two attached hydrogens (primary N) is 1. The summed E-state index contributed by atoms with van der Waals surface area (Å²) in [6.45, 7) is 0. The molecule has 1 heterocycles. The lowest BCUT2D eigenvalue weighted by molar-refractivity contribution is 0.383. The second kappa shape index (κ2) is 9.01. The average Bonchev–Trinajstić information content (AvgIpc) is 2.83. The number of amidine groups is 2. The maximum Gasteiger partial charge on any atom is 0.159 e. The molecule has 1 unspecified atom stereocenters. The van der Waals surface area contributed by atoms with E-state index in [4.69, 9.17) is 15.7 Å². The van der Waals surface area contributed by atoms with Crippen LogP contribution in [0.15, 0.2) is 76.7 Å². The van der Waals surface area contributed by atoms with Gasteiger partial charge in [-0.05, 0) is 36.4 Å². The number of nitrogen functional groups attached to an aromatic ring is 1. The van der Waals surface area contributed by atoms with Crippen LogP contribution in [0.2, 0.25) is 0 Å². The van der Waals surface area contributed by atoms with E-state index < -0.39 is 0 Å². The Labute approximate surface area is 189 Å². The number of nitrogens with zero attached hydrogens (tertiary/aromatic N) is 3. The van der Waals surface area contributed by atoms with Crippen LogP contribution < -0.4 is 21.7 Å². The van der Waals surface area contributed by atoms with Crippen molar-refractivity contribution < 1.29 is 0 Å². The number of rotatable bonds is 6. The molecule has 3 aromatic carbocycles. The van der Waals surface area contributed by atoms with Crippen LogP contribution in [0.1, 0.15) is 22.9 Å². The van der Waals surface area contributed by atoms with Crippen LogP contribution in [0.5, 0.6) is 0 Å². The molecule has 0 aliphatic carbocycles. The van der Waals surface area contributed by atoms with Gasteiger partial charge in [0, 0.05) is 67.6 Å². The summed E-state index contributed by atoms with van der Waals surface area (Å²) in [5, 5.41) is 9.65. The molecule has 5 N–H and O–H groups in total. The van der Waals surface area contributed by atoms with Crippen molar-refractivity contribution in [1.29, 1.82) is 0 Å². The minimum atomic E-state index is -0.252. The minimum Gasteiger partial charge on any atom is -0.399 e. The first kappa shape index (κ1) is 21.2. The lowest BCUT2D eigenvalue weighted by Crippen LogP contribution is -2.35. The molecular formula is C25H29N7. The van der Waals surface area contributed by atoms with Crippen molar-refractivity contribution in [2.24, 2.45) is 9.98 Å². The number of hydrogen-bond donors (Lipinski definition) is 4. The third kappa shape index (κ3) is 4.23. The van der Waals surface area contributed by atoms with E-state index in [1.807, 2.05) is 64.6 Å². The van der Waals surface area contributed by atoms with E-state index in [0.717, 1.165) is 39.6 Å². The Hall–Kier alpha value is -4.00. The number of hydrogen-bond acceptors (Lipinski definition) is 7. The first-order chi connectivity index (χ1) is 15.5. The van der Waals surface area contributed by atoms with Gasteiger partial charge in [-0.25, -0.2) is 9.98 Å². The smallest absolute Gasteiger partial charge is 0.159 e. The lowest BCUT2D eigenvalue weighted by atomic mass is 10.1. The molecule has 164 valence electrons. The predicted molar refractivity (Wildman–Crippen MR) is 136 cm³/mol. The summed E-state index contributed by atoms with van der Waals surface area (Å²) in [6.07, 6.45) is -0.252. The van der Waals surface area contributed by atoms with Gasteiger partial charge in [0.1, 0.15) is 5.84 Å². The Morgan fingerprint density at radius 2 is 1.41 bits per heavy atom. The van der Waals surface area contributed by atoms with E-state index in [2.05, 4.69) is 51.2 Å². The highest BCUT2D eigenvalue weighted by molar-refractivity contribution is 6.13. The molecule has 0 spiro atoms. The predicted octanol–water partition coefficient (Wildman–Crippen LogP) is 4.23. The van der Waals surface area contributed by atoms with Gasteiger partial charge in [-0.1, -0.05) is 30.3 Å². The van der Waals surface area contributed by atoms with Gasteiger partial charge in [0.05, 0.1) is 0 Å². The molecule has 32 heavy (non-hydrogen) atoms. The molecule has 0 saturated heterocycles. The monoisotopic (exact) mass is 427 g/mol. The molecule has 7 nitrogen and oxygen atoms in total. The van der Waals surface area contributed by atoms with Crippen LogP contribution >= 0.6 is 0 Å². The maximum atomic E-state index is 6.17. The second-order valence-corrected chi connectivity index (χ2v) is 7.68. The molecule has 0 fully saturated rings. The van der Waals surface area contributed by atoms with Crippen molar-refractivity contribution in [2.75, 3.05) is 49.9 Å². The summed E-state index contributed by atoms with van der Waals surface area (Å²) in [5.41, 5.74) is 12.7. The number of aliphatic imine (C=N–C) groups is 2. The van der Waals surface area contributed by atoms with Crippen molar-refractivity contribution in [3.05, 3.63) is 83.4 Å². The SMILES string of the molecule is CNc1cc(N)cc(C2=NC(c3cc(NC)cc(NC)c3)N(C)C(c3ccccc3)=N2)c1. The highest BCUT2D eigenvalue weighted by Crippen LogP contribution is 2.32. The van der Waals surface area contributed by atoms with Gasteiger partial charge in [-0.2, -0.15) is 0 Å². The Kier molecular flexibility index (Phi) is 5.98. The maximum absolute atomic E-state index is 6.17. The fourth-order valence-electron chi connectivity index (χ4n) is 3.83. The van der Waals surface area contributed by atoms with Crippen molar-refractivity contribution in [2.45, 2.75) is 6.17 Å². The first-order valence-corrected chi connectivity index (χ1v) is 10.6. The molecule has 0 radical (unpaired) electrons. The van der Waals surface area contributed by atoms with Crippen LogP contribution in [-0.2, 0) is 0 Å². The van der Waals surface area contributed by atoms with Crippen molar-refractivity contribution in [3.8, 4) is 0 Å². The Balaban J connectivity index is 1.89. The fraction of sp³-hybridized carbons (Fsp3) is 0.200. The molecule has 0 aromatic heterocycles. The summed E-state index contributed by atoms with van der Waals surface area (Å²) >= 11 is 0. The molecule has 4 rings (SSSR count). The lowest BCUT2D eigenvalue weighted by Gasteiger charge is -2.33. The normalized spacial score (nSPS) is 15.6. The zero-order chi connectivity index (χ0) is 22.7. The molecule has 1 aliphatic rings. The van der Waals surface area contributed by atoms with Gasteiger partial charge in [0.25, 0.3) is 0 Å².